The van der Waals surface area contributed by atoms with Crippen LogP contribution in [0.3, 0.4) is 0 Å². The maximum absolute atomic E-state index is 15.3. The molecule has 59 heavy (non-hydrogen) atoms. The summed E-state index contributed by atoms with van der Waals surface area (Å²) in [7, 11) is 0.602. The molecule has 2 unspecified atom stereocenters. The highest BCUT2D eigenvalue weighted by Crippen LogP contribution is 2.60. The molecular weight excluding hydrogens is 765 g/mol. The van der Waals surface area contributed by atoms with Gasteiger partial charge in [0.05, 0.1) is 58.2 Å². The summed E-state index contributed by atoms with van der Waals surface area (Å²) in [5, 5.41) is 27.0. The maximum Gasteiger partial charge on any atom is 0.305 e. The number of carbonyl (C=O) groups is 3. The summed E-state index contributed by atoms with van der Waals surface area (Å²) in [6.07, 6.45) is 5.32. The molecule has 3 aliphatic rings. The van der Waals surface area contributed by atoms with Crippen LogP contribution in [-0.2, 0) is 36.0 Å². The largest absolute Gasteiger partial charge is 0.497 e. The van der Waals surface area contributed by atoms with E-state index in [2.05, 4.69) is 53.1 Å². The molecule has 0 saturated carbocycles. The monoisotopic (exact) mass is 822 g/mol. The minimum atomic E-state index is -2.44. The minimum absolute atomic E-state index is 0.0176. The first-order valence-electron chi connectivity index (χ1n) is 20.9. The Morgan fingerprint density at radius 1 is 1.07 bits per heavy atom. The first-order valence-corrected chi connectivity index (χ1v) is 24.0. The second kappa shape index (κ2) is 18.2. The number of esters is 1. The number of piperidine rings is 1. The van der Waals surface area contributed by atoms with Crippen LogP contribution in [0.1, 0.15) is 68.2 Å². The summed E-state index contributed by atoms with van der Waals surface area (Å²) < 4.78 is 19.6. The Hall–Kier alpha value is -4.89. The SMILES string of the molecule is COC(=O)CCCCN1C(=O)[C@]2(O[C@H](CCn3cc(C(CO)c4ccccc4)nn3)[C@@H]([Si](C)(C)c3ccc(OC)cc3)[C@@H]2C)c2cc(NC(=O)C3CCCNC3)ccc21. The summed E-state index contributed by atoms with van der Waals surface area (Å²) in [6, 6.07) is 23.9. The molecule has 4 heterocycles. The average molecular weight is 823 g/mol. The molecule has 314 valence electrons. The van der Waals surface area contributed by atoms with Crippen LogP contribution in [0.5, 0.6) is 5.75 Å². The zero-order chi connectivity index (χ0) is 41.7. The number of unbranched alkanes of at least 4 members (excludes halogenated alkanes) is 1. The van der Waals surface area contributed by atoms with Crippen LogP contribution in [0.2, 0.25) is 18.6 Å². The molecule has 2 amide bonds. The van der Waals surface area contributed by atoms with E-state index in [1.807, 2.05) is 76.4 Å². The van der Waals surface area contributed by atoms with Gasteiger partial charge in [0.25, 0.3) is 5.91 Å². The molecule has 1 aromatic heterocycles. The molecule has 6 atom stereocenters. The third-order valence-corrected chi connectivity index (χ3v) is 17.3. The van der Waals surface area contributed by atoms with E-state index in [1.165, 1.54) is 12.3 Å². The lowest BCUT2D eigenvalue weighted by Gasteiger charge is -2.37. The number of benzene rings is 3. The van der Waals surface area contributed by atoms with E-state index in [0.717, 1.165) is 42.0 Å². The fourth-order valence-corrected chi connectivity index (χ4v) is 13.8. The molecule has 0 radical (unpaired) electrons. The van der Waals surface area contributed by atoms with Crippen molar-refractivity contribution in [2.45, 2.75) is 88.3 Å². The summed E-state index contributed by atoms with van der Waals surface area (Å²) in [5.74, 6) is -0.354. The molecule has 14 heteroatoms. The second-order valence-electron chi connectivity index (χ2n) is 16.8. The number of rotatable bonds is 16. The fourth-order valence-electron chi connectivity index (χ4n) is 9.74. The van der Waals surface area contributed by atoms with Gasteiger partial charge in [-0.3, -0.25) is 19.1 Å². The van der Waals surface area contributed by atoms with Gasteiger partial charge >= 0.3 is 5.97 Å². The van der Waals surface area contributed by atoms with E-state index >= 15 is 4.79 Å². The van der Waals surface area contributed by atoms with Crippen molar-refractivity contribution in [3.05, 3.63) is 95.8 Å². The molecule has 4 aromatic rings. The quantitative estimate of drug-likeness (QED) is 0.0766. The smallest absolute Gasteiger partial charge is 0.305 e. The number of nitrogens with zero attached hydrogens (tertiary/aromatic N) is 4. The van der Waals surface area contributed by atoms with Crippen LogP contribution in [0, 0.1) is 11.8 Å². The van der Waals surface area contributed by atoms with Gasteiger partial charge in [0.15, 0.2) is 5.60 Å². The number of fused-ring (bicyclic) bond motifs is 2. The lowest BCUT2D eigenvalue weighted by atomic mass is 9.82. The van der Waals surface area contributed by atoms with Crippen LogP contribution < -0.4 is 25.5 Å². The average Bonchev–Trinajstić information content (AvgIpc) is 3.92. The molecular formula is C45H58N6O7Si. The Morgan fingerprint density at radius 2 is 1.85 bits per heavy atom. The molecule has 2 saturated heterocycles. The standard InChI is InChI=1S/C45H58N6O7Si/c1-30-42(59(4,5)35-19-17-34(56-2)18-20-35)40(22-25-50-28-38(48-49-50)36(29-52)31-12-7-6-8-13-31)58-45(30)37-26-33(47-43(54)32-14-11-23-46-27-32)16-21-39(37)51(44(45)55)24-10-9-15-41(53)57-3/h6-8,12-13,16-21,26,28,30,32,36,40,42,46,52H,9-11,14-15,22-25,27,29H2,1-5H3,(H,47,54)/t30-,32?,36?,40+,42-,45+/m0/s1. The maximum atomic E-state index is 15.3. The molecule has 3 aromatic carbocycles. The summed E-state index contributed by atoms with van der Waals surface area (Å²) in [4.78, 5) is 42.6. The van der Waals surface area contributed by atoms with Crippen LogP contribution in [0.25, 0.3) is 0 Å². The highest BCUT2D eigenvalue weighted by molar-refractivity contribution is 6.91. The highest BCUT2D eigenvalue weighted by atomic mass is 28.3. The summed E-state index contributed by atoms with van der Waals surface area (Å²) in [6.45, 7) is 9.20. The number of hydrogen-bond donors (Lipinski definition) is 3. The molecule has 2 fully saturated rings. The van der Waals surface area contributed by atoms with E-state index in [1.54, 1.807) is 7.11 Å². The predicted octanol–water partition coefficient (Wildman–Crippen LogP) is 5.35. The number of carbonyl (C=O) groups excluding carboxylic acids is 3. The van der Waals surface area contributed by atoms with Crippen molar-refractivity contribution in [2.75, 3.05) is 50.7 Å². The highest BCUT2D eigenvalue weighted by Gasteiger charge is 2.66. The number of aromatic nitrogens is 3. The van der Waals surface area contributed by atoms with Gasteiger partial charge in [-0.05, 0) is 80.1 Å². The number of anilines is 2. The van der Waals surface area contributed by atoms with Crippen molar-refractivity contribution in [3.8, 4) is 5.75 Å². The second-order valence-corrected chi connectivity index (χ2v) is 21.4. The van der Waals surface area contributed by atoms with Crippen molar-refractivity contribution < 1.29 is 33.7 Å². The van der Waals surface area contributed by atoms with Crippen molar-refractivity contribution in [2.24, 2.45) is 11.8 Å². The first-order chi connectivity index (χ1) is 28.5. The summed E-state index contributed by atoms with van der Waals surface area (Å²) in [5.41, 5.74) is 2.46. The van der Waals surface area contributed by atoms with Gasteiger partial charge in [-0.1, -0.05) is 72.9 Å². The molecule has 13 nitrogen and oxygen atoms in total. The van der Waals surface area contributed by atoms with Crippen LogP contribution in [-0.4, -0.2) is 92.5 Å². The molecule has 3 N–H and O–H groups in total. The fraction of sp³-hybridized carbons (Fsp3) is 0.489. The van der Waals surface area contributed by atoms with E-state index in [9.17, 15) is 14.7 Å². The first kappa shape index (κ1) is 42.2. The number of hydrogen-bond acceptors (Lipinski definition) is 10. The zero-order valence-corrected chi connectivity index (χ0v) is 35.9. The minimum Gasteiger partial charge on any atom is -0.497 e. The third-order valence-electron chi connectivity index (χ3n) is 13.0. The molecule has 3 aliphatic heterocycles. The van der Waals surface area contributed by atoms with Gasteiger partial charge in [-0.25, -0.2) is 0 Å². The number of aryl methyl sites for hydroxylation is 1. The van der Waals surface area contributed by atoms with E-state index < -0.39 is 13.7 Å². The number of aliphatic hydroxyl groups excluding tert-OH is 1. The Bertz CT molecular complexity index is 2090. The topological polar surface area (TPSA) is 157 Å². The molecule has 0 aliphatic carbocycles. The van der Waals surface area contributed by atoms with Gasteiger partial charge in [-0.15, -0.1) is 5.10 Å². The number of ether oxygens (including phenoxy) is 3. The van der Waals surface area contributed by atoms with E-state index in [-0.39, 0.29) is 60.2 Å². The van der Waals surface area contributed by atoms with Crippen LogP contribution in [0.15, 0.2) is 79.0 Å². The Kier molecular flexibility index (Phi) is 13.0. The molecule has 1 spiro atoms. The van der Waals surface area contributed by atoms with Crippen LogP contribution in [0.4, 0.5) is 11.4 Å². The van der Waals surface area contributed by atoms with Gasteiger partial charge in [0.2, 0.25) is 5.91 Å². The lowest BCUT2D eigenvalue weighted by molar-refractivity contribution is -0.146. The van der Waals surface area contributed by atoms with Crippen LogP contribution >= 0.6 is 0 Å². The Labute approximate surface area is 347 Å². The number of aliphatic hydroxyl groups is 1. The number of methoxy groups -OCH3 is 2. The lowest BCUT2D eigenvalue weighted by Crippen LogP contribution is -2.52. The van der Waals surface area contributed by atoms with E-state index in [4.69, 9.17) is 14.2 Å². The van der Waals surface area contributed by atoms with Gasteiger partial charge in [0.1, 0.15) is 5.75 Å². The van der Waals surface area contributed by atoms with Gasteiger partial charge in [0, 0.05) is 49.4 Å². The number of nitrogens with one attached hydrogen (secondary N) is 2. The summed E-state index contributed by atoms with van der Waals surface area (Å²) >= 11 is 0. The number of amides is 2. The third kappa shape index (κ3) is 8.45. The normalized spacial score (nSPS) is 23.3. The van der Waals surface area contributed by atoms with Crippen molar-refractivity contribution >= 4 is 42.4 Å². The molecule has 0 bridgehead atoms. The van der Waals surface area contributed by atoms with Crippen molar-refractivity contribution in [1.82, 2.24) is 20.3 Å². The van der Waals surface area contributed by atoms with Crippen molar-refractivity contribution in [3.63, 3.8) is 0 Å². The van der Waals surface area contributed by atoms with E-state index in [0.29, 0.717) is 50.3 Å². The van der Waals surface area contributed by atoms with Gasteiger partial charge < -0.3 is 34.9 Å². The Balaban J connectivity index is 1.24. The zero-order valence-electron chi connectivity index (χ0n) is 34.9. The Morgan fingerprint density at radius 3 is 2.54 bits per heavy atom. The van der Waals surface area contributed by atoms with Crippen molar-refractivity contribution in [1.29, 1.82) is 0 Å². The predicted molar refractivity (Wildman–Crippen MR) is 228 cm³/mol. The van der Waals surface area contributed by atoms with Gasteiger partial charge in [-0.2, -0.15) is 0 Å². The molecule has 7 rings (SSSR count).